The molecule has 0 aliphatic heterocycles. The largest absolute Gasteiger partial charge is 0.396 e. The first-order chi connectivity index (χ1) is 5.07. The molecule has 2 N–H and O–H groups in total. The summed E-state index contributed by atoms with van der Waals surface area (Å²) in [7, 11) is 0. The number of aliphatic hydroxyl groups excluding tert-OH is 1. The number of hydrogen-bond acceptors (Lipinski definition) is 2. The Morgan fingerprint density at radius 3 is 2.55 bits per heavy atom. The van der Waals surface area contributed by atoms with E-state index in [2.05, 4.69) is 11.9 Å². The quantitative estimate of drug-likeness (QED) is 0.582. The van der Waals surface area contributed by atoms with Crippen molar-refractivity contribution in [1.29, 1.82) is 0 Å². The van der Waals surface area contributed by atoms with Crippen LogP contribution >= 0.6 is 0 Å². The van der Waals surface area contributed by atoms with Crippen LogP contribution in [-0.2, 0) is 4.79 Å². The van der Waals surface area contributed by atoms with E-state index in [9.17, 15) is 4.79 Å². The van der Waals surface area contributed by atoms with Crippen LogP contribution in [0.15, 0.2) is 12.2 Å². The lowest BCUT2D eigenvalue weighted by Gasteiger charge is -2.08. The standard InChI is InChI=1S/C8H15NO2/c1-6(2)9-8(11)7(3)4-5-10/h6,10H,3-5H2,1-2H3,(H,9,11). The van der Waals surface area contributed by atoms with E-state index in [1.54, 1.807) is 0 Å². The van der Waals surface area contributed by atoms with E-state index < -0.39 is 0 Å². The number of amides is 1. The Hall–Kier alpha value is -0.830. The number of aliphatic hydroxyl groups is 1. The van der Waals surface area contributed by atoms with Gasteiger partial charge in [0.05, 0.1) is 0 Å². The lowest BCUT2D eigenvalue weighted by atomic mass is 10.2. The minimum atomic E-state index is -0.172. The molecular formula is C8H15NO2. The molecule has 3 heteroatoms. The summed E-state index contributed by atoms with van der Waals surface area (Å²) in [5.74, 6) is -0.172. The topological polar surface area (TPSA) is 49.3 Å². The molecule has 0 saturated carbocycles. The van der Waals surface area contributed by atoms with Gasteiger partial charge in [-0.3, -0.25) is 4.79 Å². The molecule has 0 radical (unpaired) electrons. The fraction of sp³-hybridized carbons (Fsp3) is 0.625. The van der Waals surface area contributed by atoms with E-state index in [0.717, 1.165) is 0 Å². The van der Waals surface area contributed by atoms with E-state index in [4.69, 9.17) is 5.11 Å². The van der Waals surface area contributed by atoms with Gasteiger partial charge in [0.1, 0.15) is 0 Å². The first kappa shape index (κ1) is 10.2. The molecule has 11 heavy (non-hydrogen) atoms. The highest BCUT2D eigenvalue weighted by molar-refractivity contribution is 5.92. The van der Waals surface area contributed by atoms with E-state index in [1.807, 2.05) is 13.8 Å². The van der Waals surface area contributed by atoms with Gasteiger partial charge in [0.15, 0.2) is 0 Å². The van der Waals surface area contributed by atoms with Crippen LogP contribution in [0.4, 0.5) is 0 Å². The highest BCUT2D eigenvalue weighted by Crippen LogP contribution is 1.96. The van der Waals surface area contributed by atoms with E-state index in [0.29, 0.717) is 12.0 Å². The molecule has 3 nitrogen and oxygen atoms in total. The molecule has 0 aromatic carbocycles. The van der Waals surface area contributed by atoms with Crippen molar-refractivity contribution in [2.75, 3.05) is 6.61 Å². The van der Waals surface area contributed by atoms with Gasteiger partial charge in [-0.15, -0.1) is 0 Å². The van der Waals surface area contributed by atoms with Crippen molar-refractivity contribution in [2.45, 2.75) is 26.3 Å². The summed E-state index contributed by atoms with van der Waals surface area (Å²) in [5, 5.41) is 11.2. The maximum atomic E-state index is 11.0. The first-order valence-corrected chi connectivity index (χ1v) is 3.67. The maximum absolute atomic E-state index is 11.0. The predicted molar refractivity (Wildman–Crippen MR) is 44.1 cm³/mol. The lowest BCUT2D eigenvalue weighted by molar-refractivity contribution is -0.118. The van der Waals surface area contributed by atoms with Gasteiger partial charge in [-0.2, -0.15) is 0 Å². The molecule has 0 atom stereocenters. The number of rotatable bonds is 4. The minimum Gasteiger partial charge on any atom is -0.396 e. The second-order valence-corrected chi connectivity index (χ2v) is 2.71. The summed E-state index contributed by atoms with van der Waals surface area (Å²) in [6.45, 7) is 7.26. The summed E-state index contributed by atoms with van der Waals surface area (Å²) in [6.07, 6.45) is 0.346. The van der Waals surface area contributed by atoms with Crippen molar-refractivity contribution < 1.29 is 9.90 Å². The van der Waals surface area contributed by atoms with Crippen LogP contribution in [0.1, 0.15) is 20.3 Å². The van der Waals surface area contributed by atoms with Crippen molar-refractivity contribution in [3.05, 3.63) is 12.2 Å². The van der Waals surface area contributed by atoms with Gasteiger partial charge in [0.2, 0.25) is 5.91 Å². The third-order valence-electron chi connectivity index (χ3n) is 1.15. The van der Waals surface area contributed by atoms with Crippen molar-refractivity contribution in [3.8, 4) is 0 Å². The molecule has 64 valence electrons. The third-order valence-corrected chi connectivity index (χ3v) is 1.15. The molecule has 0 rings (SSSR count). The van der Waals surface area contributed by atoms with Crippen molar-refractivity contribution in [1.82, 2.24) is 5.32 Å². The predicted octanol–water partition coefficient (Wildman–Crippen LogP) is 0.450. The summed E-state index contributed by atoms with van der Waals surface area (Å²) in [6, 6.07) is 0.123. The average molecular weight is 157 g/mol. The Morgan fingerprint density at radius 2 is 2.18 bits per heavy atom. The highest BCUT2D eigenvalue weighted by Gasteiger charge is 2.06. The Bertz CT molecular complexity index is 152. The number of hydrogen-bond donors (Lipinski definition) is 2. The Labute approximate surface area is 67.1 Å². The molecule has 0 aliphatic carbocycles. The Morgan fingerprint density at radius 1 is 1.64 bits per heavy atom. The Balaban J connectivity index is 3.74. The van der Waals surface area contributed by atoms with Gasteiger partial charge in [0.25, 0.3) is 0 Å². The zero-order valence-electron chi connectivity index (χ0n) is 7.05. The summed E-state index contributed by atoms with van der Waals surface area (Å²) in [5.41, 5.74) is 0.432. The van der Waals surface area contributed by atoms with Crippen LogP contribution in [0, 0.1) is 0 Å². The van der Waals surface area contributed by atoms with Crippen LogP contribution in [-0.4, -0.2) is 23.7 Å². The zero-order valence-corrected chi connectivity index (χ0v) is 7.05. The van der Waals surface area contributed by atoms with Gasteiger partial charge in [-0.05, 0) is 13.8 Å². The monoisotopic (exact) mass is 157 g/mol. The summed E-state index contributed by atoms with van der Waals surface area (Å²) < 4.78 is 0. The zero-order chi connectivity index (χ0) is 8.85. The molecule has 0 aromatic heterocycles. The maximum Gasteiger partial charge on any atom is 0.246 e. The van der Waals surface area contributed by atoms with Gasteiger partial charge >= 0.3 is 0 Å². The normalized spacial score (nSPS) is 9.82. The molecule has 0 aliphatic rings. The second kappa shape index (κ2) is 4.91. The van der Waals surface area contributed by atoms with Crippen LogP contribution < -0.4 is 5.32 Å². The molecule has 0 bridgehead atoms. The average Bonchev–Trinajstić information content (AvgIpc) is 1.86. The molecule has 0 fully saturated rings. The number of carbonyl (C=O) groups excluding carboxylic acids is 1. The van der Waals surface area contributed by atoms with Crippen molar-refractivity contribution in [2.24, 2.45) is 0 Å². The van der Waals surface area contributed by atoms with Gasteiger partial charge in [0, 0.05) is 24.6 Å². The highest BCUT2D eigenvalue weighted by atomic mass is 16.3. The summed E-state index contributed by atoms with van der Waals surface area (Å²) >= 11 is 0. The number of carbonyl (C=O) groups is 1. The number of nitrogens with one attached hydrogen (secondary N) is 1. The molecule has 1 amide bonds. The SMILES string of the molecule is C=C(CCO)C(=O)NC(C)C. The van der Waals surface area contributed by atoms with Gasteiger partial charge in [-0.1, -0.05) is 6.58 Å². The van der Waals surface area contributed by atoms with Crippen LogP contribution in [0.2, 0.25) is 0 Å². The van der Waals surface area contributed by atoms with Crippen LogP contribution in [0.25, 0.3) is 0 Å². The fourth-order valence-electron chi connectivity index (χ4n) is 0.613. The van der Waals surface area contributed by atoms with Gasteiger partial charge < -0.3 is 10.4 Å². The molecule has 0 heterocycles. The smallest absolute Gasteiger partial charge is 0.246 e. The van der Waals surface area contributed by atoms with Crippen molar-refractivity contribution in [3.63, 3.8) is 0 Å². The summed E-state index contributed by atoms with van der Waals surface area (Å²) in [4.78, 5) is 11.0. The second-order valence-electron chi connectivity index (χ2n) is 2.71. The lowest BCUT2D eigenvalue weighted by Crippen LogP contribution is -2.31. The van der Waals surface area contributed by atoms with Gasteiger partial charge in [-0.25, -0.2) is 0 Å². The van der Waals surface area contributed by atoms with Crippen LogP contribution in [0.5, 0.6) is 0 Å². The molecular weight excluding hydrogens is 142 g/mol. The van der Waals surface area contributed by atoms with Crippen LogP contribution in [0.3, 0.4) is 0 Å². The molecule has 0 saturated heterocycles. The minimum absolute atomic E-state index is 0.0235. The molecule has 0 spiro atoms. The van der Waals surface area contributed by atoms with E-state index in [1.165, 1.54) is 0 Å². The third kappa shape index (κ3) is 4.56. The van der Waals surface area contributed by atoms with E-state index in [-0.39, 0.29) is 18.6 Å². The first-order valence-electron chi connectivity index (χ1n) is 3.67. The Kier molecular flexibility index (Phi) is 4.54. The van der Waals surface area contributed by atoms with E-state index >= 15 is 0 Å². The molecule has 0 unspecified atom stereocenters. The fourth-order valence-corrected chi connectivity index (χ4v) is 0.613. The van der Waals surface area contributed by atoms with Crippen molar-refractivity contribution >= 4 is 5.91 Å². The molecule has 0 aromatic rings.